The highest BCUT2D eigenvalue weighted by Gasteiger charge is 2.21. The lowest BCUT2D eigenvalue weighted by molar-refractivity contribution is 0.158. The van der Waals surface area contributed by atoms with E-state index in [-0.39, 0.29) is 24.0 Å². The zero-order valence-corrected chi connectivity index (χ0v) is 19.7. The van der Waals surface area contributed by atoms with Crippen LogP contribution in [-0.2, 0) is 0 Å². The number of guanidine groups is 1. The number of piperidine rings is 1. The molecule has 0 saturated carbocycles. The van der Waals surface area contributed by atoms with Crippen molar-refractivity contribution in [2.75, 3.05) is 57.8 Å². The van der Waals surface area contributed by atoms with Gasteiger partial charge in [0, 0.05) is 58.2 Å². The lowest BCUT2D eigenvalue weighted by atomic mass is 10.0. The van der Waals surface area contributed by atoms with Crippen LogP contribution in [0.5, 0.6) is 0 Å². The fraction of sp³-hybridized carbons (Fsp3) is 0.750. The number of likely N-dealkylation sites (tertiary alicyclic amines) is 1. The SMILES string of the molecule is CN=C(NCCCCN1CCCCC1C)N1CCN(c2ncccn2)CC1.I. The zero-order valence-electron chi connectivity index (χ0n) is 17.4. The number of nitrogens with one attached hydrogen (secondary N) is 1. The zero-order chi connectivity index (χ0) is 18.9. The van der Waals surface area contributed by atoms with Crippen LogP contribution < -0.4 is 10.2 Å². The molecule has 2 fully saturated rings. The molecule has 3 rings (SSSR count). The standard InChI is InChI=1S/C20H35N7.HI/c1-18-8-3-5-12-25(18)13-6-4-9-22-19(21-2)26-14-16-27(17-15-26)20-23-10-7-11-24-20;/h7,10-11,18H,3-6,8-9,12-17H2,1-2H3,(H,21,22);1H. The van der Waals surface area contributed by atoms with Gasteiger partial charge in [0.2, 0.25) is 5.95 Å². The first kappa shape index (κ1) is 23.1. The average Bonchev–Trinajstić information content (AvgIpc) is 2.73. The van der Waals surface area contributed by atoms with Gasteiger partial charge in [-0.15, -0.1) is 24.0 Å². The minimum absolute atomic E-state index is 0. The van der Waals surface area contributed by atoms with E-state index < -0.39 is 0 Å². The third-order valence-corrected chi connectivity index (χ3v) is 5.72. The maximum absolute atomic E-state index is 4.48. The molecule has 1 atom stereocenters. The number of aromatic nitrogens is 2. The third-order valence-electron chi connectivity index (χ3n) is 5.72. The molecule has 1 unspecified atom stereocenters. The summed E-state index contributed by atoms with van der Waals surface area (Å²) < 4.78 is 0. The molecule has 1 N–H and O–H groups in total. The molecule has 158 valence electrons. The summed E-state index contributed by atoms with van der Waals surface area (Å²) in [4.78, 5) is 20.4. The van der Waals surface area contributed by atoms with Crippen LogP contribution in [-0.4, -0.2) is 84.6 Å². The number of nitrogens with zero attached hydrogens (tertiary/aromatic N) is 6. The van der Waals surface area contributed by atoms with Gasteiger partial charge in [0.05, 0.1) is 0 Å². The summed E-state index contributed by atoms with van der Waals surface area (Å²) in [7, 11) is 1.88. The van der Waals surface area contributed by atoms with Crippen molar-refractivity contribution in [3.05, 3.63) is 18.5 Å². The highest BCUT2D eigenvalue weighted by molar-refractivity contribution is 14.0. The number of halogens is 1. The molecular formula is C20H36IN7. The molecule has 3 heterocycles. The number of unbranched alkanes of at least 4 members (excludes halogenated alkanes) is 1. The molecule has 7 nitrogen and oxygen atoms in total. The quantitative estimate of drug-likeness (QED) is 0.280. The van der Waals surface area contributed by atoms with E-state index in [0.717, 1.165) is 50.7 Å². The van der Waals surface area contributed by atoms with Gasteiger partial charge in [-0.25, -0.2) is 9.97 Å². The minimum atomic E-state index is 0. The Morgan fingerprint density at radius 2 is 1.86 bits per heavy atom. The maximum atomic E-state index is 4.48. The Kier molecular flexibility index (Phi) is 10.3. The van der Waals surface area contributed by atoms with Crippen molar-refractivity contribution in [3.63, 3.8) is 0 Å². The van der Waals surface area contributed by atoms with Crippen LogP contribution in [0.1, 0.15) is 39.0 Å². The Morgan fingerprint density at radius 3 is 2.54 bits per heavy atom. The molecule has 2 aliphatic rings. The van der Waals surface area contributed by atoms with Crippen molar-refractivity contribution >= 4 is 35.9 Å². The lowest BCUT2D eigenvalue weighted by Crippen LogP contribution is -2.53. The molecule has 0 aliphatic carbocycles. The number of rotatable bonds is 6. The molecule has 1 aromatic heterocycles. The molecule has 1 aromatic rings. The first-order chi connectivity index (χ1) is 13.3. The Bertz CT molecular complexity index is 575. The molecule has 2 aliphatic heterocycles. The number of aliphatic imine (C=N–C) groups is 1. The summed E-state index contributed by atoms with van der Waals surface area (Å²) in [5.41, 5.74) is 0. The maximum Gasteiger partial charge on any atom is 0.225 e. The minimum Gasteiger partial charge on any atom is -0.356 e. The van der Waals surface area contributed by atoms with Gasteiger partial charge in [-0.2, -0.15) is 0 Å². The number of piperazine rings is 1. The fourth-order valence-electron chi connectivity index (χ4n) is 4.03. The largest absolute Gasteiger partial charge is 0.356 e. The van der Waals surface area contributed by atoms with E-state index in [9.17, 15) is 0 Å². The Hall–Kier alpha value is -1.16. The highest BCUT2D eigenvalue weighted by atomic mass is 127. The van der Waals surface area contributed by atoms with Crippen molar-refractivity contribution in [1.82, 2.24) is 25.1 Å². The van der Waals surface area contributed by atoms with Gasteiger partial charge >= 0.3 is 0 Å². The van der Waals surface area contributed by atoms with Gasteiger partial charge in [-0.3, -0.25) is 4.99 Å². The molecule has 0 amide bonds. The first-order valence-electron chi connectivity index (χ1n) is 10.5. The molecule has 0 aromatic carbocycles. The van der Waals surface area contributed by atoms with E-state index in [1.807, 2.05) is 13.1 Å². The van der Waals surface area contributed by atoms with Crippen LogP contribution in [0.3, 0.4) is 0 Å². The van der Waals surface area contributed by atoms with Crippen LogP contribution in [0.15, 0.2) is 23.5 Å². The Labute approximate surface area is 187 Å². The molecule has 2 saturated heterocycles. The van der Waals surface area contributed by atoms with E-state index in [2.05, 4.69) is 41.9 Å². The number of anilines is 1. The van der Waals surface area contributed by atoms with Gasteiger partial charge in [-0.1, -0.05) is 6.42 Å². The summed E-state index contributed by atoms with van der Waals surface area (Å²) in [6.07, 6.45) is 10.2. The summed E-state index contributed by atoms with van der Waals surface area (Å²) in [6.45, 7) is 9.64. The van der Waals surface area contributed by atoms with E-state index in [4.69, 9.17) is 0 Å². The molecule has 0 radical (unpaired) electrons. The molecular weight excluding hydrogens is 465 g/mol. The number of hydrogen-bond acceptors (Lipinski definition) is 5. The van der Waals surface area contributed by atoms with Gasteiger partial charge in [0.15, 0.2) is 5.96 Å². The van der Waals surface area contributed by atoms with Crippen molar-refractivity contribution in [2.24, 2.45) is 4.99 Å². The van der Waals surface area contributed by atoms with Crippen molar-refractivity contribution < 1.29 is 0 Å². The van der Waals surface area contributed by atoms with Crippen molar-refractivity contribution in [2.45, 2.75) is 45.1 Å². The second-order valence-electron chi connectivity index (χ2n) is 7.58. The van der Waals surface area contributed by atoms with E-state index >= 15 is 0 Å². The molecule has 0 bridgehead atoms. The highest BCUT2D eigenvalue weighted by Crippen LogP contribution is 2.16. The summed E-state index contributed by atoms with van der Waals surface area (Å²) in [5.74, 6) is 1.85. The Balaban J connectivity index is 0.00000280. The van der Waals surface area contributed by atoms with Crippen LogP contribution in [0.4, 0.5) is 5.95 Å². The molecule has 0 spiro atoms. The number of hydrogen-bond donors (Lipinski definition) is 1. The van der Waals surface area contributed by atoms with Crippen LogP contribution in [0.25, 0.3) is 0 Å². The van der Waals surface area contributed by atoms with Crippen LogP contribution in [0, 0.1) is 0 Å². The van der Waals surface area contributed by atoms with E-state index in [1.165, 1.54) is 45.2 Å². The molecule has 28 heavy (non-hydrogen) atoms. The van der Waals surface area contributed by atoms with Gasteiger partial charge in [0.1, 0.15) is 0 Å². The normalized spacial score (nSPS) is 21.4. The monoisotopic (exact) mass is 501 g/mol. The smallest absolute Gasteiger partial charge is 0.225 e. The predicted molar refractivity (Wildman–Crippen MR) is 127 cm³/mol. The van der Waals surface area contributed by atoms with E-state index in [0.29, 0.717) is 0 Å². The average molecular weight is 501 g/mol. The van der Waals surface area contributed by atoms with Crippen molar-refractivity contribution in [3.8, 4) is 0 Å². The predicted octanol–water partition coefficient (Wildman–Crippen LogP) is 2.45. The van der Waals surface area contributed by atoms with Gasteiger partial charge in [0.25, 0.3) is 0 Å². The van der Waals surface area contributed by atoms with E-state index in [1.54, 1.807) is 12.4 Å². The second-order valence-corrected chi connectivity index (χ2v) is 7.58. The Morgan fingerprint density at radius 1 is 1.11 bits per heavy atom. The topological polar surface area (TPSA) is 59.9 Å². The second kappa shape index (κ2) is 12.4. The fourth-order valence-corrected chi connectivity index (χ4v) is 4.03. The first-order valence-corrected chi connectivity index (χ1v) is 10.5. The van der Waals surface area contributed by atoms with Gasteiger partial charge < -0.3 is 20.0 Å². The lowest BCUT2D eigenvalue weighted by Gasteiger charge is -2.36. The molecule has 8 heteroatoms. The summed E-state index contributed by atoms with van der Waals surface area (Å²) >= 11 is 0. The van der Waals surface area contributed by atoms with Gasteiger partial charge in [-0.05, 0) is 51.8 Å². The van der Waals surface area contributed by atoms with Crippen molar-refractivity contribution in [1.29, 1.82) is 0 Å². The summed E-state index contributed by atoms with van der Waals surface area (Å²) in [5, 5.41) is 3.55. The third kappa shape index (κ3) is 6.72. The van der Waals surface area contributed by atoms with Crippen LogP contribution >= 0.6 is 24.0 Å². The summed E-state index contributed by atoms with van der Waals surface area (Å²) in [6, 6.07) is 2.63. The van der Waals surface area contributed by atoms with Crippen LogP contribution in [0.2, 0.25) is 0 Å².